The predicted molar refractivity (Wildman–Crippen MR) is 116 cm³/mol. The number of nitrogens with one attached hydrogen (secondary N) is 1. The van der Waals surface area contributed by atoms with E-state index >= 15 is 0 Å². The second-order valence-corrected chi connectivity index (χ2v) is 9.91. The first-order chi connectivity index (χ1) is 15.6. The summed E-state index contributed by atoms with van der Waals surface area (Å²) in [7, 11) is -1.69. The Kier molecular flexibility index (Phi) is 5.91. The number of ether oxygens (including phenoxy) is 1. The predicted octanol–water partition coefficient (Wildman–Crippen LogP) is 4.19. The van der Waals surface area contributed by atoms with Gasteiger partial charge in [0.25, 0.3) is 5.91 Å². The lowest BCUT2D eigenvalue weighted by atomic mass is 10.1. The quantitative estimate of drug-likeness (QED) is 0.593. The largest absolute Gasteiger partial charge is 0.497 e. The highest BCUT2D eigenvalue weighted by Gasteiger charge is 2.33. The van der Waals surface area contributed by atoms with Crippen LogP contribution in [0, 0.1) is 0 Å². The van der Waals surface area contributed by atoms with Crippen molar-refractivity contribution in [1.82, 2.24) is 9.78 Å². The second-order valence-electron chi connectivity index (χ2n) is 7.68. The SMILES string of the molecule is COc1ccc(-c2cc(C(=O)Nc3cccc(C(F)(F)F)c3)nn2[C@H]2CCS(=O)(=O)C2)cc1. The number of carbonyl (C=O) groups excluding carboxylic acids is 1. The highest BCUT2D eigenvalue weighted by Crippen LogP contribution is 2.32. The minimum absolute atomic E-state index is 0.0192. The van der Waals surface area contributed by atoms with Crippen molar-refractivity contribution in [3.63, 3.8) is 0 Å². The van der Waals surface area contributed by atoms with Crippen molar-refractivity contribution < 1.29 is 31.1 Å². The van der Waals surface area contributed by atoms with Crippen molar-refractivity contribution >= 4 is 21.4 Å². The van der Waals surface area contributed by atoms with Gasteiger partial charge in [0.1, 0.15) is 5.75 Å². The molecule has 33 heavy (non-hydrogen) atoms. The molecule has 1 saturated heterocycles. The molecule has 1 atom stereocenters. The van der Waals surface area contributed by atoms with Crippen LogP contribution >= 0.6 is 0 Å². The molecule has 0 aliphatic carbocycles. The first kappa shape index (κ1) is 22.8. The Bertz CT molecular complexity index is 1280. The summed E-state index contributed by atoms with van der Waals surface area (Å²) in [5.74, 6) is -0.169. The average molecular weight is 479 g/mol. The summed E-state index contributed by atoms with van der Waals surface area (Å²) in [5, 5.41) is 6.77. The fraction of sp³-hybridized carbons (Fsp3) is 0.273. The van der Waals surface area contributed by atoms with Crippen molar-refractivity contribution in [2.75, 3.05) is 23.9 Å². The van der Waals surface area contributed by atoms with E-state index in [4.69, 9.17) is 4.74 Å². The van der Waals surface area contributed by atoms with Gasteiger partial charge in [0.15, 0.2) is 15.5 Å². The maximum atomic E-state index is 13.0. The number of nitrogens with zero attached hydrogens (tertiary/aromatic N) is 2. The molecule has 7 nitrogen and oxygen atoms in total. The lowest BCUT2D eigenvalue weighted by Crippen LogP contribution is -2.17. The van der Waals surface area contributed by atoms with Crippen LogP contribution in [0.25, 0.3) is 11.3 Å². The molecule has 1 amide bonds. The number of benzene rings is 2. The van der Waals surface area contributed by atoms with E-state index < -0.39 is 33.5 Å². The van der Waals surface area contributed by atoms with Gasteiger partial charge in [0, 0.05) is 11.3 Å². The molecule has 0 radical (unpaired) electrons. The molecule has 4 rings (SSSR count). The summed E-state index contributed by atoms with van der Waals surface area (Å²) < 4.78 is 69.6. The molecule has 11 heteroatoms. The van der Waals surface area contributed by atoms with Crippen molar-refractivity contribution in [2.24, 2.45) is 0 Å². The minimum Gasteiger partial charge on any atom is -0.497 e. The zero-order valence-electron chi connectivity index (χ0n) is 17.5. The van der Waals surface area contributed by atoms with Gasteiger partial charge in [-0.15, -0.1) is 0 Å². The van der Waals surface area contributed by atoms with Gasteiger partial charge in [-0.1, -0.05) is 6.07 Å². The molecule has 3 aromatic rings. The third kappa shape index (κ3) is 5.03. The summed E-state index contributed by atoms with van der Waals surface area (Å²) in [5.41, 5.74) is 0.252. The Morgan fingerprint density at radius 1 is 1.15 bits per heavy atom. The number of carbonyl (C=O) groups is 1. The number of halogens is 3. The Morgan fingerprint density at radius 2 is 1.88 bits per heavy atom. The Morgan fingerprint density at radius 3 is 2.48 bits per heavy atom. The standard InChI is InChI=1S/C22H20F3N3O4S/c1-32-18-7-5-14(6-8-18)20-12-19(27-28(20)17-9-10-33(30,31)13-17)21(29)26-16-4-2-3-15(11-16)22(23,24)25/h2-8,11-12,17H,9-10,13H2,1H3,(H,26,29)/t17-/m0/s1. The smallest absolute Gasteiger partial charge is 0.416 e. The van der Waals surface area contributed by atoms with E-state index in [0.717, 1.165) is 12.1 Å². The van der Waals surface area contributed by atoms with Crippen LogP contribution in [0.5, 0.6) is 5.75 Å². The lowest BCUT2D eigenvalue weighted by Gasteiger charge is -2.13. The van der Waals surface area contributed by atoms with E-state index in [0.29, 0.717) is 23.4 Å². The van der Waals surface area contributed by atoms with Crippen LogP contribution < -0.4 is 10.1 Å². The number of hydrogen-bond acceptors (Lipinski definition) is 5. The van der Waals surface area contributed by atoms with Crippen molar-refractivity contribution in [1.29, 1.82) is 0 Å². The van der Waals surface area contributed by atoms with E-state index in [1.165, 1.54) is 30.0 Å². The van der Waals surface area contributed by atoms with Gasteiger partial charge >= 0.3 is 6.18 Å². The van der Waals surface area contributed by atoms with E-state index in [1.807, 2.05) is 0 Å². The Hall–Kier alpha value is -3.34. The third-order valence-corrected chi connectivity index (χ3v) is 7.11. The molecule has 0 unspecified atom stereocenters. The maximum absolute atomic E-state index is 13.0. The van der Waals surface area contributed by atoms with E-state index in [1.54, 1.807) is 24.3 Å². The van der Waals surface area contributed by atoms with Gasteiger partial charge in [-0.3, -0.25) is 9.48 Å². The monoisotopic (exact) mass is 479 g/mol. The molecule has 1 fully saturated rings. The first-order valence-electron chi connectivity index (χ1n) is 9.99. The van der Waals surface area contributed by atoms with E-state index in [-0.39, 0.29) is 22.9 Å². The van der Waals surface area contributed by atoms with Crippen LogP contribution in [0.2, 0.25) is 0 Å². The van der Waals surface area contributed by atoms with Crippen LogP contribution in [-0.4, -0.2) is 42.7 Å². The molecule has 174 valence electrons. The van der Waals surface area contributed by atoms with Gasteiger partial charge in [0.2, 0.25) is 0 Å². The summed E-state index contributed by atoms with van der Waals surface area (Å²) in [6.07, 6.45) is -4.19. The summed E-state index contributed by atoms with van der Waals surface area (Å²) in [4.78, 5) is 12.8. The lowest BCUT2D eigenvalue weighted by molar-refractivity contribution is -0.137. The molecule has 0 spiro atoms. The van der Waals surface area contributed by atoms with Crippen molar-refractivity contribution in [3.8, 4) is 17.0 Å². The van der Waals surface area contributed by atoms with Gasteiger partial charge in [-0.25, -0.2) is 8.42 Å². The van der Waals surface area contributed by atoms with Gasteiger partial charge in [0.05, 0.1) is 35.9 Å². The Balaban J connectivity index is 1.68. The third-order valence-electron chi connectivity index (χ3n) is 5.36. The second kappa shape index (κ2) is 8.54. The van der Waals surface area contributed by atoms with Gasteiger partial charge in [-0.2, -0.15) is 18.3 Å². The molecule has 1 aromatic heterocycles. The molecular weight excluding hydrogens is 459 g/mol. The fourth-order valence-electron chi connectivity index (χ4n) is 3.70. The number of aromatic nitrogens is 2. The van der Waals surface area contributed by atoms with Crippen LogP contribution in [0.4, 0.5) is 18.9 Å². The van der Waals surface area contributed by atoms with Crippen LogP contribution in [-0.2, 0) is 16.0 Å². The number of sulfone groups is 1. The van der Waals surface area contributed by atoms with Crippen molar-refractivity contribution in [2.45, 2.75) is 18.6 Å². The highest BCUT2D eigenvalue weighted by molar-refractivity contribution is 7.91. The normalized spacial score (nSPS) is 17.6. The fourth-order valence-corrected chi connectivity index (χ4v) is 5.39. The number of methoxy groups -OCH3 is 1. The molecule has 2 heterocycles. The highest BCUT2D eigenvalue weighted by atomic mass is 32.2. The molecule has 0 bridgehead atoms. The molecule has 1 aliphatic rings. The van der Waals surface area contributed by atoms with Crippen LogP contribution in [0.1, 0.15) is 28.5 Å². The molecule has 1 aliphatic heterocycles. The van der Waals surface area contributed by atoms with Crippen molar-refractivity contribution in [3.05, 3.63) is 65.9 Å². The minimum atomic E-state index is -4.54. The molecular formula is C22H20F3N3O4S. The van der Waals surface area contributed by atoms with Crippen LogP contribution in [0.3, 0.4) is 0 Å². The number of hydrogen-bond donors (Lipinski definition) is 1. The summed E-state index contributed by atoms with van der Waals surface area (Å²) >= 11 is 0. The summed E-state index contributed by atoms with van der Waals surface area (Å²) in [6, 6.07) is 12.3. The van der Waals surface area contributed by atoms with Crippen LogP contribution in [0.15, 0.2) is 54.6 Å². The van der Waals surface area contributed by atoms with Gasteiger partial charge in [-0.05, 0) is 55.0 Å². The zero-order valence-corrected chi connectivity index (χ0v) is 18.3. The number of amides is 1. The maximum Gasteiger partial charge on any atom is 0.416 e. The van der Waals surface area contributed by atoms with E-state index in [9.17, 15) is 26.4 Å². The molecule has 1 N–H and O–H groups in total. The topological polar surface area (TPSA) is 90.3 Å². The van der Waals surface area contributed by atoms with Gasteiger partial charge < -0.3 is 10.1 Å². The molecule has 0 saturated carbocycles. The zero-order chi connectivity index (χ0) is 23.8. The Labute approximate surface area is 188 Å². The average Bonchev–Trinajstić information content (AvgIpc) is 3.37. The van der Waals surface area contributed by atoms with E-state index in [2.05, 4.69) is 10.4 Å². The number of rotatable bonds is 5. The number of alkyl halides is 3. The molecule has 2 aromatic carbocycles. The number of anilines is 1. The first-order valence-corrected chi connectivity index (χ1v) is 11.8. The summed E-state index contributed by atoms with van der Waals surface area (Å²) in [6.45, 7) is 0.